The van der Waals surface area contributed by atoms with Gasteiger partial charge in [0.15, 0.2) is 0 Å². The molecule has 2 unspecified atom stereocenters. The van der Waals surface area contributed by atoms with E-state index in [1.54, 1.807) is 0 Å². The number of hydrogen-bond donors (Lipinski definition) is 1. The molecule has 0 spiro atoms. The van der Waals surface area contributed by atoms with Crippen LogP contribution in [0.15, 0.2) is 0 Å². The molecular formula is C13H26N2O2S. The lowest BCUT2D eigenvalue weighted by molar-refractivity contribution is 0.0221. The molecule has 2 saturated heterocycles. The van der Waals surface area contributed by atoms with Crippen LogP contribution in [0.5, 0.6) is 0 Å². The zero-order chi connectivity index (χ0) is 13.4. The van der Waals surface area contributed by atoms with Crippen LogP contribution in [-0.4, -0.2) is 50.0 Å². The van der Waals surface area contributed by atoms with Gasteiger partial charge in [-0.15, -0.1) is 0 Å². The predicted molar refractivity (Wildman–Crippen MR) is 74.2 cm³/mol. The van der Waals surface area contributed by atoms with Crippen molar-refractivity contribution >= 4 is 9.84 Å². The summed E-state index contributed by atoms with van der Waals surface area (Å²) in [6.45, 7) is 7.30. The fraction of sp³-hybridized carbons (Fsp3) is 1.00. The highest BCUT2D eigenvalue weighted by Crippen LogP contribution is 2.34. The number of nitrogens with two attached hydrogens (primary N) is 1. The van der Waals surface area contributed by atoms with E-state index in [0.717, 1.165) is 13.1 Å². The first kappa shape index (κ1) is 14.3. The quantitative estimate of drug-likeness (QED) is 0.811. The largest absolute Gasteiger partial charge is 0.329 e. The average molecular weight is 274 g/mol. The Balaban J connectivity index is 2.13. The molecule has 2 aliphatic rings. The van der Waals surface area contributed by atoms with Crippen LogP contribution in [0.3, 0.4) is 0 Å². The molecule has 0 saturated carbocycles. The summed E-state index contributed by atoms with van der Waals surface area (Å²) in [5.74, 6) is 2.00. The zero-order valence-electron chi connectivity index (χ0n) is 11.6. The van der Waals surface area contributed by atoms with Crippen molar-refractivity contribution in [3.05, 3.63) is 0 Å². The Bertz CT molecular complexity index is 370. The monoisotopic (exact) mass is 274 g/mol. The van der Waals surface area contributed by atoms with Gasteiger partial charge in [-0.2, -0.15) is 0 Å². The molecule has 2 rings (SSSR count). The smallest absolute Gasteiger partial charge is 0.150 e. The fourth-order valence-corrected chi connectivity index (χ4v) is 5.20. The van der Waals surface area contributed by atoms with E-state index in [1.807, 2.05) is 0 Å². The van der Waals surface area contributed by atoms with E-state index in [1.165, 1.54) is 6.42 Å². The molecule has 0 aliphatic carbocycles. The Hall–Kier alpha value is -0.130. The molecule has 0 bridgehead atoms. The third kappa shape index (κ3) is 2.89. The van der Waals surface area contributed by atoms with Crippen molar-refractivity contribution in [3.8, 4) is 0 Å². The summed E-state index contributed by atoms with van der Waals surface area (Å²) < 4.78 is 23.2. The molecule has 18 heavy (non-hydrogen) atoms. The summed E-state index contributed by atoms with van der Waals surface area (Å²) in [7, 11) is -2.81. The molecule has 5 heteroatoms. The number of rotatable bonds is 2. The molecule has 0 aromatic carbocycles. The molecule has 2 heterocycles. The summed E-state index contributed by atoms with van der Waals surface area (Å²) >= 11 is 0. The molecule has 4 nitrogen and oxygen atoms in total. The highest BCUT2D eigenvalue weighted by Gasteiger charge is 2.42. The van der Waals surface area contributed by atoms with Gasteiger partial charge in [0.1, 0.15) is 9.84 Å². The van der Waals surface area contributed by atoms with E-state index < -0.39 is 9.84 Å². The van der Waals surface area contributed by atoms with E-state index in [0.29, 0.717) is 42.7 Å². The second-order valence-electron chi connectivity index (χ2n) is 6.43. The summed E-state index contributed by atoms with van der Waals surface area (Å²) in [6, 6.07) is 0. The standard InChI is InChI=1S/C13H26N2O2S/c1-11-7-12(2)9-15(8-11)13(10-14)3-5-18(16,17)6-4-13/h11-12H,3-10,14H2,1-2H3. The molecule has 2 aliphatic heterocycles. The number of nitrogens with zero attached hydrogens (tertiary/aromatic N) is 1. The molecule has 0 aromatic rings. The first-order chi connectivity index (χ1) is 8.37. The van der Waals surface area contributed by atoms with Gasteiger partial charge in [-0.05, 0) is 31.1 Å². The van der Waals surface area contributed by atoms with E-state index in [-0.39, 0.29) is 5.54 Å². The number of sulfone groups is 1. The Labute approximate surface area is 111 Å². The maximum atomic E-state index is 11.6. The molecule has 2 atom stereocenters. The fourth-order valence-electron chi connectivity index (χ4n) is 3.62. The highest BCUT2D eigenvalue weighted by atomic mass is 32.2. The number of piperidine rings is 1. The van der Waals surface area contributed by atoms with Gasteiger partial charge >= 0.3 is 0 Å². The lowest BCUT2D eigenvalue weighted by Crippen LogP contribution is -2.61. The normalized spacial score (nSPS) is 36.4. The van der Waals surface area contributed by atoms with Crippen LogP contribution in [0, 0.1) is 11.8 Å². The van der Waals surface area contributed by atoms with Crippen molar-refractivity contribution in [2.75, 3.05) is 31.1 Å². The van der Waals surface area contributed by atoms with E-state index >= 15 is 0 Å². The van der Waals surface area contributed by atoms with Gasteiger partial charge in [0.05, 0.1) is 11.5 Å². The highest BCUT2D eigenvalue weighted by molar-refractivity contribution is 7.91. The summed E-state index contributed by atoms with van der Waals surface area (Å²) in [5, 5.41) is 0. The predicted octanol–water partition coefficient (Wildman–Crippen LogP) is 0.870. The van der Waals surface area contributed by atoms with Crippen LogP contribution in [0.2, 0.25) is 0 Å². The van der Waals surface area contributed by atoms with Crippen molar-refractivity contribution in [3.63, 3.8) is 0 Å². The molecule has 2 N–H and O–H groups in total. The Morgan fingerprint density at radius 2 is 1.67 bits per heavy atom. The van der Waals surface area contributed by atoms with Crippen LogP contribution in [-0.2, 0) is 9.84 Å². The first-order valence-corrected chi connectivity index (χ1v) is 8.84. The molecule has 0 aromatic heterocycles. The Kier molecular flexibility index (Phi) is 4.04. The second-order valence-corrected chi connectivity index (χ2v) is 8.73. The van der Waals surface area contributed by atoms with Gasteiger partial charge in [0.2, 0.25) is 0 Å². The van der Waals surface area contributed by atoms with Crippen LogP contribution < -0.4 is 5.73 Å². The van der Waals surface area contributed by atoms with Crippen LogP contribution >= 0.6 is 0 Å². The lowest BCUT2D eigenvalue weighted by Gasteiger charge is -2.50. The summed E-state index contributed by atoms with van der Waals surface area (Å²) in [4.78, 5) is 2.49. The average Bonchev–Trinajstić information content (AvgIpc) is 2.28. The van der Waals surface area contributed by atoms with Crippen molar-refractivity contribution < 1.29 is 8.42 Å². The first-order valence-electron chi connectivity index (χ1n) is 7.02. The van der Waals surface area contributed by atoms with Crippen molar-refractivity contribution in [1.82, 2.24) is 4.90 Å². The maximum Gasteiger partial charge on any atom is 0.150 e. The molecule has 0 amide bonds. The zero-order valence-corrected chi connectivity index (χ0v) is 12.4. The van der Waals surface area contributed by atoms with Crippen molar-refractivity contribution in [2.45, 2.75) is 38.6 Å². The van der Waals surface area contributed by atoms with Gasteiger partial charge in [-0.1, -0.05) is 13.8 Å². The molecule has 106 valence electrons. The van der Waals surface area contributed by atoms with Gasteiger partial charge < -0.3 is 5.73 Å². The van der Waals surface area contributed by atoms with Gasteiger partial charge in [-0.3, -0.25) is 4.90 Å². The molecule has 2 fully saturated rings. The summed E-state index contributed by atoms with van der Waals surface area (Å²) in [6.07, 6.45) is 2.70. The van der Waals surface area contributed by atoms with E-state index in [2.05, 4.69) is 18.7 Å². The van der Waals surface area contributed by atoms with E-state index in [4.69, 9.17) is 5.73 Å². The minimum Gasteiger partial charge on any atom is -0.329 e. The minimum absolute atomic E-state index is 0.0612. The molecule has 0 radical (unpaired) electrons. The topological polar surface area (TPSA) is 63.4 Å². The second kappa shape index (κ2) is 5.10. The number of likely N-dealkylation sites (tertiary alicyclic amines) is 1. The van der Waals surface area contributed by atoms with Crippen molar-refractivity contribution in [2.24, 2.45) is 17.6 Å². The maximum absolute atomic E-state index is 11.6. The van der Waals surface area contributed by atoms with Crippen LogP contribution in [0.4, 0.5) is 0 Å². The molecular weight excluding hydrogens is 248 g/mol. The summed E-state index contributed by atoms with van der Waals surface area (Å²) in [5.41, 5.74) is 5.95. The van der Waals surface area contributed by atoms with Gasteiger partial charge in [0.25, 0.3) is 0 Å². The van der Waals surface area contributed by atoms with Crippen molar-refractivity contribution in [1.29, 1.82) is 0 Å². The Morgan fingerprint density at radius 1 is 1.17 bits per heavy atom. The van der Waals surface area contributed by atoms with E-state index in [9.17, 15) is 8.42 Å². The third-order valence-electron chi connectivity index (χ3n) is 4.68. The van der Waals surface area contributed by atoms with Gasteiger partial charge in [-0.25, -0.2) is 8.42 Å². The minimum atomic E-state index is -2.81. The van der Waals surface area contributed by atoms with Crippen LogP contribution in [0.1, 0.15) is 33.1 Å². The SMILES string of the molecule is CC1CC(C)CN(C2(CN)CCS(=O)(=O)CC2)C1. The lowest BCUT2D eigenvalue weighted by atomic mass is 9.83. The third-order valence-corrected chi connectivity index (χ3v) is 6.33. The number of hydrogen-bond acceptors (Lipinski definition) is 4. The van der Waals surface area contributed by atoms with Crippen LogP contribution in [0.25, 0.3) is 0 Å². The van der Waals surface area contributed by atoms with Gasteiger partial charge in [0, 0.05) is 25.2 Å². The Morgan fingerprint density at radius 3 is 2.11 bits per heavy atom.